The molecule has 6 nitrogen and oxygen atoms in total. The Morgan fingerprint density at radius 2 is 2.00 bits per heavy atom. The van der Waals surface area contributed by atoms with Crippen LogP contribution < -0.4 is 14.8 Å². The molecule has 0 unspecified atom stereocenters. The lowest BCUT2D eigenvalue weighted by Crippen LogP contribution is -2.33. The van der Waals surface area contributed by atoms with Gasteiger partial charge in [-0.05, 0) is 18.2 Å². The lowest BCUT2D eigenvalue weighted by atomic mass is 10.2. The van der Waals surface area contributed by atoms with Crippen LogP contribution in [0, 0.1) is 0 Å². The first-order chi connectivity index (χ1) is 11.6. The van der Waals surface area contributed by atoms with Crippen LogP contribution in [-0.4, -0.2) is 21.9 Å². The highest BCUT2D eigenvalue weighted by Crippen LogP contribution is 2.42. The Labute approximate surface area is 138 Å². The van der Waals surface area contributed by atoms with E-state index in [0.717, 1.165) is 17.3 Å². The van der Waals surface area contributed by atoms with Gasteiger partial charge in [-0.1, -0.05) is 25.1 Å². The second-order valence-corrected chi connectivity index (χ2v) is 5.92. The monoisotopic (exact) mass is 323 g/mol. The van der Waals surface area contributed by atoms with E-state index in [2.05, 4.69) is 15.5 Å². The quantitative estimate of drug-likeness (QED) is 0.770. The average molecular weight is 323 g/mol. The maximum atomic E-state index is 12.5. The third-order valence-electron chi connectivity index (χ3n) is 4.18. The topological polar surface area (TPSA) is 76.2 Å². The van der Waals surface area contributed by atoms with Crippen molar-refractivity contribution in [1.29, 1.82) is 0 Å². The Balaban J connectivity index is 1.59. The van der Waals surface area contributed by atoms with Crippen LogP contribution in [0.4, 0.5) is 5.69 Å². The number of H-pyrrole nitrogens is 1. The zero-order valence-corrected chi connectivity index (χ0v) is 13.4. The predicted octanol–water partition coefficient (Wildman–Crippen LogP) is 3.71. The number of benzene rings is 2. The molecule has 122 valence electrons. The molecule has 1 amide bonds. The van der Waals surface area contributed by atoms with Crippen LogP contribution in [0.1, 0.15) is 30.8 Å². The van der Waals surface area contributed by atoms with Gasteiger partial charge >= 0.3 is 0 Å². The number of hydrogen-bond donors (Lipinski definition) is 2. The highest BCUT2D eigenvalue weighted by molar-refractivity contribution is 6.11. The van der Waals surface area contributed by atoms with Crippen LogP contribution in [0.15, 0.2) is 42.5 Å². The van der Waals surface area contributed by atoms with Gasteiger partial charge in [0.2, 0.25) is 5.79 Å². The molecular weight excluding hydrogens is 306 g/mol. The Kier molecular flexibility index (Phi) is 3.19. The van der Waals surface area contributed by atoms with E-state index in [-0.39, 0.29) is 5.91 Å². The minimum atomic E-state index is -0.649. The Hall–Kier alpha value is -3.02. The van der Waals surface area contributed by atoms with Crippen molar-refractivity contribution in [2.24, 2.45) is 0 Å². The van der Waals surface area contributed by atoms with E-state index in [4.69, 9.17) is 9.47 Å². The SMILES string of the molecule is CC[C@]1(C)Oc2ccc(NC(=O)c3n[nH]c4ccccc34)cc2O1. The number of nitrogens with one attached hydrogen (secondary N) is 2. The number of carbonyl (C=O) groups excluding carboxylic acids is 1. The molecule has 0 bridgehead atoms. The van der Waals surface area contributed by atoms with Gasteiger partial charge in [-0.25, -0.2) is 0 Å². The summed E-state index contributed by atoms with van der Waals surface area (Å²) in [5, 5.41) is 10.6. The van der Waals surface area contributed by atoms with Gasteiger partial charge in [0.25, 0.3) is 5.91 Å². The van der Waals surface area contributed by atoms with E-state index in [0.29, 0.717) is 22.9 Å². The molecule has 24 heavy (non-hydrogen) atoms. The molecule has 2 heterocycles. The fourth-order valence-electron chi connectivity index (χ4n) is 2.71. The van der Waals surface area contributed by atoms with Gasteiger partial charge in [0.1, 0.15) is 0 Å². The zero-order valence-electron chi connectivity index (χ0n) is 13.4. The van der Waals surface area contributed by atoms with E-state index in [9.17, 15) is 4.79 Å². The molecule has 0 aliphatic carbocycles. The summed E-state index contributed by atoms with van der Waals surface area (Å²) in [7, 11) is 0. The number of nitrogens with zero attached hydrogens (tertiary/aromatic N) is 1. The number of amides is 1. The number of hydrogen-bond acceptors (Lipinski definition) is 4. The Morgan fingerprint density at radius 3 is 2.83 bits per heavy atom. The van der Waals surface area contributed by atoms with Gasteiger partial charge in [-0.2, -0.15) is 5.10 Å². The third kappa shape index (κ3) is 2.36. The van der Waals surface area contributed by atoms with E-state index < -0.39 is 5.79 Å². The minimum absolute atomic E-state index is 0.274. The van der Waals surface area contributed by atoms with Crippen LogP contribution in [0.3, 0.4) is 0 Å². The first kappa shape index (κ1) is 14.6. The number of aromatic nitrogens is 2. The number of carbonyl (C=O) groups is 1. The van der Waals surface area contributed by atoms with Crippen LogP contribution in [0.2, 0.25) is 0 Å². The molecular formula is C18H17N3O3. The molecule has 1 aromatic heterocycles. The number of aromatic amines is 1. The molecule has 2 aromatic carbocycles. The van der Waals surface area contributed by atoms with Gasteiger partial charge in [0.15, 0.2) is 17.2 Å². The van der Waals surface area contributed by atoms with Crippen LogP contribution in [-0.2, 0) is 0 Å². The lowest BCUT2D eigenvalue weighted by Gasteiger charge is -2.20. The first-order valence-corrected chi connectivity index (χ1v) is 7.84. The molecule has 6 heteroatoms. The highest BCUT2D eigenvalue weighted by Gasteiger charge is 2.35. The van der Waals surface area contributed by atoms with Gasteiger partial charge in [0.05, 0.1) is 5.52 Å². The second-order valence-electron chi connectivity index (χ2n) is 5.92. The molecule has 0 radical (unpaired) electrons. The predicted molar refractivity (Wildman–Crippen MR) is 90.4 cm³/mol. The van der Waals surface area contributed by atoms with Crippen LogP contribution >= 0.6 is 0 Å². The molecule has 1 aliphatic rings. The summed E-state index contributed by atoms with van der Waals surface area (Å²) in [6, 6.07) is 12.9. The molecule has 0 fully saturated rings. The maximum absolute atomic E-state index is 12.5. The summed E-state index contributed by atoms with van der Waals surface area (Å²) in [4.78, 5) is 12.5. The second kappa shape index (κ2) is 5.26. The van der Waals surface area contributed by atoms with Crippen molar-refractivity contribution in [2.45, 2.75) is 26.1 Å². The van der Waals surface area contributed by atoms with Crippen molar-refractivity contribution in [3.8, 4) is 11.5 Å². The van der Waals surface area contributed by atoms with Gasteiger partial charge in [0, 0.05) is 30.5 Å². The van der Waals surface area contributed by atoms with Gasteiger partial charge in [-0.15, -0.1) is 0 Å². The molecule has 2 N–H and O–H groups in total. The van der Waals surface area contributed by atoms with Gasteiger partial charge in [-0.3, -0.25) is 9.89 Å². The standard InChI is InChI=1S/C18H17N3O3/c1-3-18(2)23-14-9-8-11(10-15(14)24-18)19-17(22)16-12-6-4-5-7-13(12)20-21-16/h4-10H,3H2,1-2H3,(H,19,22)(H,20,21)/t18-/m1/s1. The maximum Gasteiger partial charge on any atom is 0.276 e. The Morgan fingerprint density at radius 1 is 1.21 bits per heavy atom. The summed E-state index contributed by atoms with van der Waals surface area (Å²) < 4.78 is 11.6. The fourth-order valence-corrected chi connectivity index (χ4v) is 2.71. The molecule has 3 aromatic rings. The molecule has 0 saturated carbocycles. The third-order valence-corrected chi connectivity index (χ3v) is 4.18. The summed E-state index contributed by atoms with van der Waals surface area (Å²) in [6.45, 7) is 3.89. The van der Waals surface area contributed by atoms with Crippen LogP contribution in [0.5, 0.6) is 11.5 Å². The molecule has 1 atom stereocenters. The van der Waals surface area contributed by atoms with E-state index in [1.165, 1.54) is 0 Å². The molecule has 0 spiro atoms. The van der Waals surface area contributed by atoms with Crippen molar-refractivity contribution in [1.82, 2.24) is 10.2 Å². The highest BCUT2D eigenvalue weighted by atomic mass is 16.7. The van der Waals surface area contributed by atoms with Crippen molar-refractivity contribution in [3.63, 3.8) is 0 Å². The van der Waals surface area contributed by atoms with E-state index in [1.807, 2.05) is 38.1 Å². The van der Waals surface area contributed by atoms with Crippen molar-refractivity contribution in [3.05, 3.63) is 48.2 Å². The normalized spacial score (nSPS) is 18.8. The number of ether oxygens (including phenoxy) is 2. The summed E-state index contributed by atoms with van der Waals surface area (Å²) in [6.07, 6.45) is 0.725. The number of rotatable bonds is 3. The number of fused-ring (bicyclic) bond motifs is 2. The van der Waals surface area contributed by atoms with Crippen LogP contribution in [0.25, 0.3) is 10.9 Å². The van der Waals surface area contributed by atoms with E-state index in [1.54, 1.807) is 18.2 Å². The Bertz CT molecular complexity index is 934. The van der Waals surface area contributed by atoms with Crippen molar-refractivity contribution < 1.29 is 14.3 Å². The zero-order chi connectivity index (χ0) is 16.7. The molecule has 4 rings (SSSR count). The largest absolute Gasteiger partial charge is 0.449 e. The summed E-state index contributed by atoms with van der Waals surface area (Å²) in [5.41, 5.74) is 1.82. The fraction of sp³-hybridized carbons (Fsp3) is 0.222. The smallest absolute Gasteiger partial charge is 0.276 e. The van der Waals surface area contributed by atoms with Gasteiger partial charge < -0.3 is 14.8 Å². The van der Waals surface area contributed by atoms with Crippen molar-refractivity contribution in [2.75, 3.05) is 5.32 Å². The number of anilines is 1. The summed E-state index contributed by atoms with van der Waals surface area (Å²) >= 11 is 0. The molecule has 0 saturated heterocycles. The molecule has 1 aliphatic heterocycles. The lowest BCUT2D eigenvalue weighted by molar-refractivity contribution is -0.0640. The summed E-state index contributed by atoms with van der Waals surface area (Å²) in [5.74, 6) is 0.389. The first-order valence-electron chi connectivity index (χ1n) is 7.84. The van der Waals surface area contributed by atoms with Crippen molar-refractivity contribution >= 4 is 22.5 Å². The minimum Gasteiger partial charge on any atom is -0.449 e. The average Bonchev–Trinajstić information content (AvgIpc) is 3.15. The van der Waals surface area contributed by atoms with E-state index >= 15 is 0 Å². The number of para-hydroxylation sites is 1.